The fourth-order valence-electron chi connectivity index (χ4n) is 4.64. The normalized spacial score (nSPS) is 30.5. The Morgan fingerprint density at radius 3 is 2.92 bits per heavy atom. The summed E-state index contributed by atoms with van der Waals surface area (Å²) in [4.78, 5) is 19.5. The minimum atomic E-state index is 0.0199. The van der Waals surface area contributed by atoms with Gasteiger partial charge in [-0.2, -0.15) is 0 Å². The molecule has 1 aromatic heterocycles. The third kappa shape index (κ3) is 4.24. The van der Waals surface area contributed by atoms with Crippen LogP contribution in [-0.2, 0) is 14.3 Å². The van der Waals surface area contributed by atoms with E-state index < -0.39 is 0 Å². The molecule has 6 heteroatoms. The molecule has 4 rings (SSSR count). The van der Waals surface area contributed by atoms with Crippen molar-refractivity contribution in [1.82, 2.24) is 9.88 Å². The van der Waals surface area contributed by atoms with E-state index in [-0.39, 0.29) is 23.8 Å². The summed E-state index contributed by atoms with van der Waals surface area (Å²) in [5, 5.41) is 3.05. The fraction of sp³-hybridized carbons (Fsp3) is 0.700. The highest BCUT2D eigenvalue weighted by Gasteiger charge is 2.42. The minimum absolute atomic E-state index is 0.0199. The molecule has 142 valence electrons. The van der Waals surface area contributed by atoms with Gasteiger partial charge in [-0.25, -0.2) is 0 Å². The summed E-state index contributed by atoms with van der Waals surface area (Å²) < 4.78 is 11.5. The standard InChI is InChI=1S/C20H29N3O3/c24-20(22-16-2-1-7-21-12-16)17-6-11-26-19-3-8-23(14-18(17)19)13-15-4-9-25-10-5-15/h1-2,7,12,15,17-19H,3-6,8-11,13-14H2,(H,22,24)/t17-,18-,19-/m1/s1. The molecule has 1 N–H and O–H groups in total. The molecule has 6 nitrogen and oxygen atoms in total. The molecule has 3 fully saturated rings. The Kier molecular flexibility index (Phi) is 5.82. The molecule has 0 bridgehead atoms. The molecule has 0 aromatic carbocycles. The summed E-state index contributed by atoms with van der Waals surface area (Å²) in [5.74, 6) is 1.15. The van der Waals surface area contributed by atoms with Gasteiger partial charge in [0.25, 0.3) is 0 Å². The maximum Gasteiger partial charge on any atom is 0.228 e. The summed E-state index contributed by atoms with van der Waals surface area (Å²) >= 11 is 0. The number of carbonyl (C=O) groups excluding carboxylic acids is 1. The minimum Gasteiger partial charge on any atom is -0.381 e. The van der Waals surface area contributed by atoms with E-state index in [1.165, 1.54) is 0 Å². The first-order valence-electron chi connectivity index (χ1n) is 9.92. The Bertz CT molecular complexity index is 591. The Balaban J connectivity index is 1.38. The van der Waals surface area contributed by atoms with Crippen LogP contribution in [0.4, 0.5) is 5.69 Å². The van der Waals surface area contributed by atoms with Gasteiger partial charge in [0.1, 0.15) is 0 Å². The molecule has 3 atom stereocenters. The monoisotopic (exact) mass is 359 g/mol. The predicted molar refractivity (Wildman–Crippen MR) is 98.8 cm³/mol. The topological polar surface area (TPSA) is 63.7 Å². The largest absolute Gasteiger partial charge is 0.381 e. The van der Waals surface area contributed by atoms with Crippen molar-refractivity contribution in [1.29, 1.82) is 0 Å². The molecule has 1 amide bonds. The van der Waals surface area contributed by atoms with Crippen LogP contribution in [0.2, 0.25) is 0 Å². The molecule has 0 saturated carbocycles. The molecule has 4 heterocycles. The average Bonchev–Trinajstić information content (AvgIpc) is 2.69. The smallest absolute Gasteiger partial charge is 0.228 e. The number of pyridine rings is 1. The molecular formula is C20H29N3O3. The summed E-state index contributed by atoms with van der Waals surface area (Å²) in [7, 11) is 0. The number of nitrogens with one attached hydrogen (secondary N) is 1. The van der Waals surface area contributed by atoms with Crippen LogP contribution in [-0.4, -0.2) is 61.3 Å². The second-order valence-corrected chi connectivity index (χ2v) is 7.80. The van der Waals surface area contributed by atoms with E-state index in [9.17, 15) is 4.79 Å². The average molecular weight is 359 g/mol. The zero-order valence-electron chi connectivity index (χ0n) is 15.3. The van der Waals surface area contributed by atoms with E-state index in [1.807, 2.05) is 12.1 Å². The molecule has 1 aromatic rings. The number of nitrogens with zero attached hydrogens (tertiary/aromatic N) is 2. The molecule has 0 unspecified atom stereocenters. The lowest BCUT2D eigenvalue weighted by atomic mass is 9.78. The highest BCUT2D eigenvalue weighted by Crippen LogP contribution is 2.34. The van der Waals surface area contributed by atoms with Crippen LogP contribution in [0.5, 0.6) is 0 Å². The van der Waals surface area contributed by atoms with E-state index in [4.69, 9.17) is 9.47 Å². The fourth-order valence-corrected chi connectivity index (χ4v) is 4.64. The quantitative estimate of drug-likeness (QED) is 0.893. The van der Waals surface area contributed by atoms with E-state index in [2.05, 4.69) is 15.2 Å². The van der Waals surface area contributed by atoms with Crippen molar-refractivity contribution in [2.45, 2.75) is 31.8 Å². The Morgan fingerprint density at radius 2 is 2.12 bits per heavy atom. The predicted octanol–water partition coefficient (Wildman–Crippen LogP) is 2.17. The van der Waals surface area contributed by atoms with Crippen molar-refractivity contribution in [2.75, 3.05) is 44.8 Å². The van der Waals surface area contributed by atoms with Gasteiger partial charge in [-0.05, 0) is 43.7 Å². The van der Waals surface area contributed by atoms with Crippen LogP contribution in [0.15, 0.2) is 24.5 Å². The Morgan fingerprint density at radius 1 is 1.23 bits per heavy atom. The lowest BCUT2D eigenvalue weighted by Crippen LogP contribution is -2.53. The highest BCUT2D eigenvalue weighted by molar-refractivity contribution is 5.92. The Labute approximate surface area is 155 Å². The first kappa shape index (κ1) is 17.9. The number of likely N-dealkylation sites (tertiary alicyclic amines) is 1. The number of amides is 1. The van der Waals surface area contributed by atoms with Gasteiger partial charge in [0.15, 0.2) is 0 Å². The zero-order valence-corrected chi connectivity index (χ0v) is 15.3. The molecule has 0 radical (unpaired) electrons. The van der Waals surface area contributed by atoms with Gasteiger partial charge < -0.3 is 19.7 Å². The van der Waals surface area contributed by atoms with Crippen molar-refractivity contribution < 1.29 is 14.3 Å². The van der Waals surface area contributed by atoms with Gasteiger partial charge in [-0.3, -0.25) is 9.78 Å². The SMILES string of the molecule is O=C(Nc1cccnc1)[C@@H]1CCO[C@@H]2CCN(CC3CCOCC3)C[C@@H]21. The lowest BCUT2D eigenvalue weighted by Gasteiger charge is -2.45. The van der Waals surface area contributed by atoms with Gasteiger partial charge in [-0.1, -0.05) is 0 Å². The van der Waals surface area contributed by atoms with Crippen molar-refractivity contribution in [3.8, 4) is 0 Å². The van der Waals surface area contributed by atoms with Crippen molar-refractivity contribution >= 4 is 11.6 Å². The second-order valence-electron chi connectivity index (χ2n) is 7.80. The van der Waals surface area contributed by atoms with Crippen molar-refractivity contribution in [3.63, 3.8) is 0 Å². The summed E-state index contributed by atoms with van der Waals surface area (Å²) in [6.07, 6.45) is 7.79. The van der Waals surface area contributed by atoms with Crippen LogP contribution < -0.4 is 5.32 Å². The Hall–Kier alpha value is -1.50. The van der Waals surface area contributed by atoms with E-state index in [0.29, 0.717) is 6.61 Å². The van der Waals surface area contributed by atoms with E-state index in [1.54, 1.807) is 12.4 Å². The number of hydrogen-bond donors (Lipinski definition) is 1. The number of anilines is 1. The van der Waals surface area contributed by atoms with Gasteiger partial charge >= 0.3 is 0 Å². The number of hydrogen-bond acceptors (Lipinski definition) is 5. The lowest BCUT2D eigenvalue weighted by molar-refractivity contribution is -0.137. The van der Waals surface area contributed by atoms with Crippen LogP contribution in [0.1, 0.15) is 25.7 Å². The number of piperidine rings is 1. The number of aromatic nitrogens is 1. The van der Waals surface area contributed by atoms with E-state index in [0.717, 1.165) is 70.1 Å². The van der Waals surface area contributed by atoms with Gasteiger partial charge in [0.05, 0.1) is 18.0 Å². The van der Waals surface area contributed by atoms with Crippen LogP contribution in [0, 0.1) is 17.8 Å². The van der Waals surface area contributed by atoms with Crippen LogP contribution in [0.25, 0.3) is 0 Å². The molecule has 3 saturated heterocycles. The van der Waals surface area contributed by atoms with E-state index >= 15 is 0 Å². The van der Waals surface area contributed by atoms with Crippen molar-refractivity contribution in [2.24, 2.45) is 17.8 Å². The van der Waals surface area contributed by atoms with Crippen molar-refractivity contribution in [3.05, 3.63) is 24.5 Å². The van der Waals surface area contributed by atoms with Gasteiger partial charge in [0, 0.05) is 57.5 Å². The number of ether oxygens (including phenoxy) is 2. The molecule has 3 aliphatic rings. The maximum absolute atomic E-state index is 12.9. The first-order valence-corrected chi connectivity index (χ1v) is 9.92. The summed E-state index contributed by atoms with van der Waals surface area (Å²) in [6.45, 7) is 5.64. The summed E-state index contributed by atoms with van der Waals surface area (Å²) in [5.41, 5.74) is 0.774. The van der Waals surface area contributed by atoms with Gasteiger partial charge in [-0.15, -0.1) is 0 Å². The number of carbonyl (C=O) groups is 1. The highest BCUT2D eigenvalue weighted by atomic mass is 16.5. The zero-order chi connectivity index (χ0) is 17.8. The second kappa shape index (κ2) is 8.46. The summed E-state index contributed by atoms with van der Waals surface area (Å²) in [6, 6.07) is 3.73. The molecule has 3 aliphatic heterocycles. The number of rotatable bonds is 4. The third-order valence-electron chi connectivity index (χ3n) is 6.08. The third-order valence-corrected chi connectivity index (χ3v) is 6.08. The number of fused-ring (bicyclic) bond motifs is 1. The maximum atomic E-state index is 12.9. The molecular weight excluding hydrogens is 330 g/mol. The van der Waals surface area contributed by atoms with Gasteiger partial charge in [0.2, 0.25) is 5.91 Å². The molecule has 0 spiro atoms. The van der Waals surface area contributed by atoms with Crippen LogP contribution in [0.3, 0.4) is 0 Å². The molecule has 26 heavy (non-hydrogen) atoms. The van der Waals surface area contributed by atoms with Crippen LogP contribution >= 0.6 is 0 Å². The first-order chi connectivity index (χ1) is 12.8. The molecule has 0 aliphatic carbocycles.